The van der Waals surface area contributed by atoms with Crippen LogP contribution in [0.25, 0.3) is 0 Å². The Balaban J connectivity index is 2.21. The van der Waals surface area contributed by atoms with Crippen LogP contribution in [0.5, 0.6) is 0 Å². The molecule has 1 aromatic rings. The van der Waals surface area contributed by atoms with Crippen LogP contribution >= 0.6 is 0 Å². The molecule has 86 valence electrons. The molecular formula is C12H17N3O. The molecule has 0 aromatic carbocycles. The first-order chi connectivity index (χ1) is 7.54. The van der Waals surface area contributed by atoms with Crippen molar-refractivity contribution in [3.63, 3.8) is 0 Å². The van der Waals surface area contributed by atoms with Crippen LogP contribution in [0.4, 0.5) is 5.69 Å². The molecule has 1 heterocycles. The van der Waals surface area contributed by atoms with Gasteiger partial charge in [0.15, 0.2) is 0 Å². The Morgan fingerprint density at radius 2 is 2.19 bits per heavy atom. The highest BCUT2D eigenvalue weighted by molar-refractivity contribution is 5.99. The predicted molar refractivity (Wildman–Crippen MR) is 63.6 cm³/mol. The van der Waals surface area contributed by atoms with Crippen molar-refractivity contribution < 1.29 is 4.79 Å². The highest BCUT2D eigenvalue weighted by Gasteiger charge is 2.39. The van der Waals surface area contributed by atoms with Crippen molar-refractivity contribution in [1.82, 2.24) is 10.3 Å². The maximum Gasteiger partial charge on any atom is 0.255 e. The Kier molecular flexibility index (Phi) is 2.58. The molecule has 1 fully saturated rings. The lowest BCUT2D eigenvalue weighted by atomic mass is 10.2. The summed E-state index contributed by atoms with van der Waals surface area (Å²) in [7, 11) is 1.81. The number of aromatic nitrogens is 1. The number of rotatable bonds is 3. The Hall–Kier alpha value is -1.58. The van der Waals surface area contributed by atoms with Crippen molar-refractivity contribution in [2.75, 3.05) is 12.4 Å². The molecule has 0 saturated heterocycles. The minimum atomic E-state index is -0.0446. The van der Waals surface area contributed by atoms with Gasteiger partial charge in [-0.15, -0.1) is 0 Å². The van der Waals surface area contributed by atoms with Gasteiger partial charge in [0.2, 0.25) is 0 Å². The van der Waals surface area contributed by atoms with E-state index in [4.69, 9.17) is 0 Å². The van der Waals surface area contributed by atoms with Crippen LogP contribution in [0.15, 0.2) is 12.3 Å². The number of nitrogens with zero attached hydrogens (tertiary/aromatic N) is 1. The lowest BCUT2D eigenvalue weighted by Gasteiger charge is -2.14. The summed E-state index contributed by atoms with van der Waals surface area (Å²) in [5, 5.41) is 6.04. The second-order valence-corrected chi connectivity index (χ2v) is 4.64. The average molecular weight is 219 g/mol. The normalized spacial score (nSPS) is 16.7. The first-order valence-corrected chi connectivity index (χ1v) is 5.51. The van der Waals surface area contributed by atoms with E-state index in [0.29, 0.717) is 5.56 Å². The van der Waals surface area contributed by atoms with E-state index in [0.717, 1.165) is 24.2 Å². The topological polar surface area (TPSA) is 54.0 Å². The number of hydrogen-bond acceptors (Lipinski definition) is 3. The van der Waals surface area contributed by atoms with Gasteiger partial charge in [0.1, 0.15) is 0 Å². The van der Waals surface area contributed by atoms with Crippen LogP contribution in [0, 0.1) is 6.92 Å². The third kappa shape index (κ3) is 2.15. The summed E-state index contributed by atoms with van der Waals surface area (Å²) in [6.07, 6.45) is 3.75. The Morgan fingerprint density at radius 1 is 1.50 bits per heavy atom. The molecule has 1 aliphatic rings. The Labute approximate surface area is 95.5 Å². The van der Waals surface area contributed by atoms with E-state index in [2.05, 4.69) is 22.5 Å². The number of aryl methyl sites for hydroxylation is 1. The van der Waals surface area contributed by atoms with Crippen LogP contribution in [0.3, 0.4) is 0 Å². The van der Waals surface area contributed by atoms with Gasteiger partial charge in [-0.2, -0.15) is 0 Å². The van der Waals surface area contributed by atoms with Crippen molar-refractivity contribution in [2.24, 2.45) is 0 Å². The van der Waals surface area contributed by atoms with Crippen molar-refractivity contribution in [3.05, 3.63) is 23.5 Å². The molecular weight excluding hydrogens is 202 g/mol. The van der Waals surface area contributed by atoms with Gasteiger partial charge in [0.05, 0.1) is 11.3 Å². The lowest BCUT2D eigenvalue weighted by Crippen LogP contribution is -2.34. The smallest absolute Gasteiger partial charge is 0.255 e. The van der Waals surface area contributed by atoms with Gasteiger partial charge < -0.3 is 10.6 Å². The molecule has 2 N–H and O–H groups in total. The van der Waals surface area contributed by atoms with Gasteiger partial charge >= 0.3 is 0 Å². The fourth-order valence-corrected chi connectivity index (χ4v) is 1.60. The summed E-state index contributed by atoms with van der Waals surface area (Å²) in [4.78, 5) is 16.2. The molecule has 0 bridgehead atoms. The van der Waals surface area contributed by atoms with Crippen molar-refractivity contribution in [1.29, 1.82) is 0 Å². The van der Waals surface area contributed by atoms with E-state index < -0.39 is 0 Å². The summed E-state index contributed by atoms with van der Waals surface area (Å²) >= 11 is 0. The van der Waals surface area contributed by atoms with Crippen LogP contribution in [-0.2, 0) is 0 Å². The maximum absolute atomic E-state index is 12.0. The third-order valence-corrected chi connectivity index (χ3v) is 2.97. The molecule has 0 aliphatic heterocycles. The number of nitrogens with one attached hydrogen (secondary N) is 2. The Bertz CT molecular complexity index is 424. The van der Waals surface area contributed by atoms with E-state index in [1.54, 1.807) is 6.20 Å². The number of pyridine rings is 1. The summed E-state index contributed by atoms with van der Waals surface area (Å²) in [5.41, 5.74) is 2.35. The van der Waals surface area contributed by atoms with Crippen molar-refractivity contribution in [2.45, 2.75) is 32.2 Å². The second kappa shape index (κ2) is 3.77. The molecule has 4 nitrogen and oxygen atoms in total. The van der Waals surface area contributed by atoms with Crippen LogP contribution in [0.1, 0.15) is 35.8 Å². The number of anilines is 1. The van der Waals surface area contributed by atoms with Gasteiger partial charge in [-0.25, -0.2) is 0 Å². The Morgan fingerprint density at radius 3 is 2.75 bits per heavy atom. The second-order valence-electron chi connectivity index (χ2n) is 4.64. The summed E-state index contributed by atoms with van der Waals surface area (Å²) < 4.78 is 0. The predicted octanol–water partition coefficient (Wildman–Crippen LogP) is 1.71. The summed E-state index contributed by atoms with van der Waals surface area (Å²) in [5.74, 6) is -0.0446. The first-order valence-electron chi connectivity index (χ1n) is 5.51. The summed E-state index contributed by atoms with van der Waals surface area (Å²) in [6.45, 7) is 3.97. The molecule has 0 atom stereocenters. The molecule has 2 rings (SSSR count). The molecule has 0 unspecified atom stereocenters. The monoisotopic (exact) mass is 219 g/mol. The van der Waals surface area contributed by atoms with Crippen LogP contribution in [0.2, 0.25) is 0 Å². The lowest BCUT2D eigenvalue weighted by molar-refractivity contribution is 0.0936. The SMILES string of the molecule is CNc1cc(C)ncc1C(=O)NC1(C)CC1. The molecule has 1 saturated carbocycles. The number of carbonyl (C=O) groups is 1. The molecule has 1 aliphatic carbocycles. The van der Waals surface area contributed by atoms with E-state index in [-0.39, 0.29) is 11.4 Å². The molecule has 1 amide bonds. The molecule has 0 radical (unpaired) electrons. The van der Waals surface area contributed by atoms with Gasteiger partial charge in [0.25, 0.3) is 5.91 Å². The summed E-state index contributed by atoms with van der Waals surface area (Å²) in [6, 6.07) is 1.88. The minimum absolute atomic E-state index is 0.00693. The van der Waals surface area contributed by atoms with Crippen molar-refractivity contribution in [3.8, 4) is 0 Å². The standard InChI is InChI=1S/C12H17N3O/c1-8-6-10(13-3)9(7-14-8)11(16)15-12(2)4-5-12/h6-7H,4-5H2,1-3H3,(H,13,14)(H,15,16). The minimum Gasteiger partial charge on any atom is -0.387 e. The van der Waals surface area contributed by atoms with Gasteiger partial charge in [-0.1, -0.05) is 0 Å². The molecule has 16 heavy (non-hydrogen) atoms. The fourth-order valence-electron chi connectivity index (χ4n) is 1.60. The number of hydrogen-bond donors (Lipinski definition) is 2. The highest BCUT2D eigenvalue weighted by Crippen LogP contribution is 2.34. The van der Waals surface area contributed by atoms with Gasteiger partial charge in [0, 0.05) is 24.5 Å². The van der Waals surface area contributed by atoms with Crippen LogP contribution < -0.4 is 10.6 Å². The maximum atomic E-state index is 12.0. The van der Waals surface area contributed by atoms with Gasteiger partial charge in [-0.05, 0) is 32.8 Å². The zero-order chi connectivity index (χ0) is 11.8. The van der Waals surface area contributed by atoms with E-state index >= 15 is 0 Å². The van der Waals surface area contributed by atoms with Crippen molar-refractivity contribution >= 4 is 11.6 Å². The highest BCUT2D eigenvalue weighted by atomic mass is 16.1. The zero-order valence-corrected chi connectivity index (χ0v) is 9.92. The molecule has 4 heteroatoms. The molecule has 0 spiro atoms. The van der Waals surface area contributed by atoms with Gasteiger partial charge in [-0.3, -0.25) is 9.78 Å². The van der Waals surface area contributed by atoms with E-state index in [1.165, 1.54) is 0 Å². The quantitative estimate of drug-likeness (QED) is 0.813. The number of carbonyl (C=O) groups excluding carboxylic acids is 1. The first kappa shape index (κ1) is 10.9. The average Bonchev–Trinajstić information content (AvgIpc) is 2.95. The van der Waals surface area contributed by atoms with Crippen LogP contribution in [-0.4, -0.2) is 23.5 Å². The third-order valence-electron chi connectivity index (χ3n) is 2.97. The fraction of sp³-hybridized carbons (Fsp3) is 0.500. The van der Waals surface area contributed by atoms with E-state index in [9.17, 15) is 4.79 Å². The number of amides is 1. The largest absolute Gasteiger partial charge is 0.387 e. The zero-order valence-electron chi connectivity index (χ0n) is 9.92. The molecule has 1 aromatic heterocycles. The van der Waals surface area contributed by atoms with E-state index in [1.807, 2.05) is 20.0 Å².